The summed E-state index contributed by atoms with van der Waals surface area (Å²) in [5.41, 5.74) is -0.716. The van der Waals surface area contributed by atoms with Gasteiger partial charge >= 0.3 is 6.18 Å². The summed E-state index contributed by atoms with van der Waals surface area (Å²) in [7, 11) is 1.47. The Morgan fingerprint density at radius 1 is 1.38 bits per heavy atom. The zero-order valence-electron chi connectivity index (χ0n) is 13.1. The molecule has 0 saturated carbocycles. The first-order valence-corrected chi connectivity index (χ1v) is 7.26. The van der Waals surface area contributed by atoms with Gasteiger partial charge in [0, 0.05) is 46.0 Å². The van der Waals surface area contributed by atoms with Gasteiger partial charge in [-0.2, -0.15) is 13.2 Å². The Bertz CT molecular complexity index is 615. The molecular weight excluding hydrogens is 349 g/mol. The molecule has 0 aliphatic carbocycles. The quantitative estimate of drug-likeness (QED) is 0.806. The molecule has 1 aliphatic rings. The summed E-state index contributed by atoms with van der Waals surface area (Å²) in [6, 6.07) is 1.03. The van der Waals surface area contributed by atoms with E-state index in [9.17, 15) is 22.8 Å². The Morgan fingerprint density at radius 3 is 2.58 bits per heavy atom. The van der Waals surface area contributed by atoms with E-state index in [1.165, 1.54) is 34.8 Å². The molecule has 136 valence electrons. The van der Waals surface area contributed by atoms with E-state index in [4.69, 9.17) is 0 Å². The average molecular weight is 369 g/mol. The largest absolute Gasteiger partial charge is 0.405 e. The highest BCUT2D eigenvalue weighted by atomic mass is 35.5. The second kappa shape index (κ2) is 8.50. The molecule has 2 heterocycles. The van der Waals surface area contributed by atoms with Gasteiger partial charge in [-0.15, -0.1) is 12.4 Å². The van der Waals surface area contributed by atoms with Gasteiger partial charge in [-0.1, -0.05) is 0 Å². The van der Waals surface area contributed by atoms with E-state index in [0.29, 0.717) is 13.1 Å². The van der Waals surface area contributed by atoms with E-state index in [1.807, 2.05) is 0 Å². The van der Waals surface area contributed by atoms with Crippen molar-refractivity contribution in [3.8, 4) is 0 Å². The molecule has 0 aromatic carbocycles. The SMILES string of the molecule is Cl.Cn1cccc(C(=O)NCC(N2CCNCC2)C(F)(F)F)c1=O. The molecule has 1 amide bonds. The van der Waals surface area contributed by atoms with Crippen molar-refractivity contribution in [3.63, 3.8) is 0 Å². The molecule has 0 radical (unpaired) electrons. The maximum absolute atomic E-state index is 13.2. The number of rotatable bonds is 4. The highest BCUT2D eigenvalue weighted by Gasteiger charge is 2.43. The Kier molecular flexibility index (Phi) is 7.25. The Morgan fingerprint density at radius 2 is 2.00 bits per heavy atom. The lowest BCUT2D eigenvalue weighted by atomic mass is 10.2. The summed E-state index contributed by atoms with van der Waals surface area (Å²) in [6.07, 6.45) is -2.98. The number of nitrogens with one attached hydrogen (secondary N) is 2. The van der Waals surface area contributed by atoms with Gasteiger partial charge < -0.3 is 15.2 Å². The molecule has 2 rings (SSSR count). The fourth-order valence-electron chi connectivity index (χ4n) is 2.50. The number of hydrogen-bond acceptors (Lipinski definition) is 4. The van der Waals surface area contributed by atoms with Gasteiger partial charge in [0.05, 0.1) is 0 Å². The van der Waals surface area contributed by atoms with E-state index in [0.717, 1.165) is 0 Å². The van der Waals surface area contributed by atoms with Crippen LogP contribution in [-0.2, 0) is 7.05 Å². The maximum Gasteiger partial charge on any atom is 0.405 e. The van der Waals surface area contributed by atoms with Crippen molar-refractivity contribution in [2.24, 2.45) is 7.05 Å². The lowest BCUT2D eigenvalue weighted by Crippen LogP contribution is -2.57. The summed E-state index contributed by atoms with van der Waals surface area (Å²) in [6.45, 7) is 0.875. The fourth-order valence-corrected chi connectivity index (χ4v) is 2.50. The third-order valence-electron chi connectivity index (χ3n) is 3.79. The van der Waals surface area contributed by atoms with Crippen molar-refractivity contribution >= 4 is 18.3 Å². The van der Waals surface area contributed by atoms with Gasteiger partial charge in [-0.05, 0) is 12.1 Å². The monoisotopic (exact) mass is 368 g/mol. The van der Waals surface area contributed by atoms with Crippen molar-refractivity contribution < 1.29 is 18.0 Å². The zero-order valence-corrected chi connectivity index (χ0v) is 13.9. The third kappa shape index (κ3) is 4.96. The molecule has 1 aromatic heterocycles. The van der Waals surface area contributed by atoms with Gasteiger partial charge in [0.1, 0.15) is 11.6 Å². The highest BCUT2D eigenvalue weighted by Crippen LogP contribution is 2.24. The summed E-state index contributed by atoms with van der Waals surface area (Å²) in [4.78, 5) is 25.1. The van der Waals surface area contributed by atoms with Crippen LogP contribution >= 0.6 is 12.4 Å². The average Bonchev–Trinajstić information content (AvgIpc) is 2.50. The minimum Gasteiger partial charge on any atom is -0.350 e. The molecular formula is C14H20ClF3N4O2. The highest BCUT2D eigenvalue weighted by molar-refractivity contribution is 5.93. The van der Waals surface area contributed by atoms with Gasteiger partial charge in [-0.25, -0.2) is 0 Å². The van der Waals surface area contributed by atoms with Crippen molar-refractivity contribution in [1.82, 2.24) is 20.1 Å². The normalized spacial score (nSPS) is 17.0. The summed E-state index contributed by atoms with van der Waals surface area (Å²) in [5.74, 6) is -0.796. The van der Waals surface area contributed by atoms with Gasteiger partial charge in [-0.3, -0.25) is 14.5 Å². The smallest absolute Gasteiger partial charge is 0.350 e. The number of nitrogens with zero attached hydrogens (tertiary/aromatic N) is 2. The second-order valence-corrected chi connectivity index (χ2v) is 5.39. The van der Waals surface area contributed by atoms with Crippen molar-refractivity contribution in [2.75, 3.05) is 32.7 Å². The van der Waals surface area contributed by atoms with Crippen molar-refractivity contribution in [1.29, 1.82) is 0 Å². The lowest BCUT2D eigenvalue weighted by molar-refractivity contribution is -0.183. The van der Waals surface area contributed by atoms with Gasteiger partial charge in [0.2, 0.25) is 0 Å². The number of halogens is 4. The van der Waals surface area contributed by atoms with Crippen LogP contribution in [-0.4, -0.2) is 60.3 Å². The molecule has 1 atom stereocenters. The minimum atomic E-state index is -4.45. The van der Waals surface area contributed by atoms with E-state index in [1.54, 1.807) is 0 Å². The molecule has 1 aliphatic heterocycles. The lowest BCUT2D eigenvalue weighted by Gasteiger charge is -2.35. The number of pyridine rings is 1. The van der Waals surface area contributed by atoms with Crippen LogP contribution in [0, 0.1) is 0 Å². The molecule has 1 unspecified atom stereocenters. The van der Waals surface area contributed by atoms with E-state index in [2.05, 4.69) is 10.6 Å². The molecule has 2 N–H and O–H groups in total. The molecule has 1 saturated heterocycles. The summed E-state index contributed by atoms with van der Waals surface area (Å²) in [5, 5.41) is 5.22. The standard InChI is InChI=1S/C14H19F3N4O2.ClH/c1-20-6-2-3-10(13(20)23)12(22)19-9-11(14(15,16)17)21-7-4-18-5-8-21;/h2-3,6,11,18H,4-5,7-9H2,1H3,(H,19,22);1H. The summed E-state index contributed by atoms with van der Waals surface area (Å²) < 4.78 is 40.9. The van der Waals surface area contributed by atoms with E-state index < -0.39 is 30.2 Å². The van der Waals surface area contributed by atoms with E-state index in [-0.39, 0.29) is 31.1 Å². The number of amides is 1. The first-order chi connectivity index (χ1) is 10.8. The van der Waals surface area contributed by atoms with Crippen LogP contribution in [0.25, 0.3) is 0 Å². The number of carbonyl (C=O) groups is 1. The fraction of sp³-hybridized carbons (Fsp3) is 0.571. The number of aryl methyl sites for hydroxylation is 1. The topological polar surface area (TPSA) is 66.4 Å². The Balaban J connectivity index is 0.00000288. The van der Waals surface area contributed by atoms with Crippen LogP contribution in [0.15, 0.2) is 23.1 Å². The number of alkyl halides is 3. The number of hydrogen-bond donors (Lipinski definition) is 2. The Hall–Kier alpha value is -1.58. The molecule has 1 aromatic rings. The number of piperazine rings is 1. The first kappa shape index (κ1) is 20.5. The maximum atomic E-state index is 13.2. The van der Waals surface area contributed by atoms with Crippen LogP contribution in [0.2, 0.25) is 0 Å². The molecule has 24 heavy (non-hydrogen) atoms. The van der Waals surface area contributed by atoms with Crippen LogP contribution in [0.5, 0.6) is 0 Å². The van der Waals surface area contributed by atoms with Gasteiger partial charge in [0.25, 0.3) is 11.5 Å². The molecule has 6 nitrogen and oxygen atoms in total. The predicted molar refractivity (Wildman–Crippen MR) is 85.5 cm³/mol. The number of carbonyl (C=O) groups excluding carboxylic acids is 1. The summed E-state index contributed by atoms with van der Waals surface area (Å²) >= 11 is 0. The zero-order chi connectivity index (χ0) is 17.0. The molecule has 10 heteroatoms. The van der Waals surface area contributed by atoms with Crippen LogP contribution in [0.4, 0.5) is 13.2 Å². The Labute approximate surface area is 143 Å². The predicted octanol–water partition coefficient (Wildman–Crippen LogP) is 0.373. The van der Waals surface area contributed by atoms with Crippen molar-refractivity contribution in [3.05, 3.63) is 34.2 Å². The van der Waals surface area contributed by atoms with Crippen molar-refractivity contribution in [2.45, 2.75) is 12.2 Å². The van der Waals surface area contributed by atoms with Crippen LogP contribution < -0.4 is 16.2 Å². The first-order valence-electron chi connectivity index (χ1n) is 7.26. The molecule has 0 bridgehead atoms. The second-order valence-electron chi connectivity index (χ2n) is 5.39. The third-order valence-corrected chi connectivity index (χ3v) is 3.79. The number of aromatic nitrogens is 1. The van der Waals surface area contributed by atoms with E-state index >= 15 is 0 Å². The molecule has 0 spiro atoms. The van der Waals surface area contributed by atoms with Crippen LogP contribution in [0.3, 0.4) is 0 Å². The van der Waals surface area contributed by atoms with Gasteiger partial charge in [0.15, 0.2) is 0 Å². The van der Waals surface area contributed by atoms with Crippen LogP contribution in [0.1, 0.15) is 10.4 Å². The minimum absolute atomic E-state index is 0. The molecule has 1 fully saturated rings.